The van der Waals surface area contributed by atoms with Gasteiger partial charge in [0, 0.05) is 19.8 Å². The van der Waals surface area contributed by atoms with Gasteiger partial charge in [-0.2, -0.15) is 0 Å². The van der Waals surface area contributed by atoms with Crippen LogP contribution in [0.25, 0.3) is 0 Å². The van der Waals surface area contributed by atoms with Crippen LogP contribution in [0.3, 0.4) is 0 Å². The van der Waals surface area contributed by atoms with Crippen LogP contribution >= 0.6 is 0 Å². The van der Waals surface area contributed by atoms with Gasteiger partial charge in [0.15, 0.2) is 0 Å². The van der Waals surface area contributed by atoms with Gasteiger partial charge in [-0.05, 0) is 42.7 Å². The SMILES string of the molecule is Cc1ccc(C)c(C(NN)c2ccc(N(C)C)cc2)c1. The van der Waals surface area contributed by atoms with Gasteiger partial charge in [0.25, 0.3) is 0 Å². The molecule has 0 heterocycles. The summed E-state index contributed by atoms with van der Waals surface area (Å²) in [5.74, 6) is 5.79. The summed E-state index contributed by atoms with van der Waals surface area (Å²) in [6.45, 7) is 4.22. The molecule has 2 aromatic carbocycles. The fourth-order valence-corrected chi connectivity index (χ4v) is 2.40. The molecular weight excluding hydrogens is 246 g/mol. The molecule has 2 rings (SSSR count). The number of nitrogens with one attached hydrogen (secondary N) is 1. The highest BCUT2D eigenvalue weighted by atomic mass is 15.2. The van der Waals surface area contributed by atoms with E-state index in [1.54, 1.807) is 0 Å². The number of anilines is 1. The molecule has 0 fully saturated rings. The molecule has 0 aliphatic heterocycles. The lowest BCUT2D eigenvalue weighted by Gasteiger charge is -2.21. The van der Waals surface area contributed by atoms with Gasteiger partial charge in [0.05, 0.1) is 6.04 Å². The van der Waals surface area contributed by atoms with E-state index in [9.17, 15) is 0 Å². The van der Waals surface area contributed by atoms with E-state index in [2.05, 4.69) is 66.6 Å². The van der Waals surface area contributed by atoms with Gasteiger partial charge in [-0.15, -0.1) is 0 Å². The third kappa shape index (κ3) is 3.00. The van der Waals surface area contributed by atoms with E-state index in [0.29, 0.717) is 0 Å². The van der Waals surface area contributed by atoms with E-state index < -0.39 is 0 Å². The number of aryl methyl sites for hydroxylation is 2. The molecule has 0 aliphatic carbocycles. The minimum absolute atomic E-state index is 0.0195. The molecule has 3 nitrogen and oxygen atoms in total. The third-order valence-corrected chi connectivity index (χ3v) is 3.66. The fourth-order valence-electron chi connectivity index (χ4n) is 2.40. The first-order chi connectivity index (χ1) is 9.52. The van der Waals surface area contributed by atoms with Crippen molar-refractivity contribution < 1.29 is 0 Å². The van der Waals surface area contributed by atoms with Crippen molar-refractivity contribution in [2.45, 2.75) is 19.9 Å². The average Bonchev–Trinajstić information content (AvgIpc) is 2.44. The average molecular weight is 269 g/mol. The summed E-state index contributed by atoms with van der Waals surface area (Å²) < 4.78 is 0. The van der Waals surface area contributed by atoms with E-state index in [1.165, 1.54) is 27.9 Å². The molecule has 0 saturated heterocycles. The molecule has 1 unspecified atom stereocenters. The topological polar surface area (TPSA) is 41.3 Å². The first-order valence-corrected chi connectivity index (χ1v) is 6.83. The van der Waals surface area contributed by atoms with Gasteiger partial charge in [0.1, 0.15) is 0 Å². The lowest BCUT2D eigenvalue weighted by atomic mass is 9.94. The zero-order valence-corrected chi connectivity index (χ0v) is 12.6. The molecule has 2 aromatic rings. The third-order valence-electron chi connectivity index (χ3n) is 3.66. The molecule has 3 N–H and O–H groups in total. The summed E-state index contributed by atoms with van der Waals surface area (Å²) in [5.41, 5.74) is 9.01. The Morgan fingerprint density at radius 2 is 1.65 bits per heavy atom. The predicted molar refractivity (Wildman–Crippen MR) is 85.9 cm³/mol. The van der Waals surface area contributed by atoms with Gasteiger partial charge in [-0.25, -0.2) is 5.43 Å². The van der Waals surface area contributed by atoms with Crippen LogP contribution in [0.1, 0.15) is 28.3 Å². The maximum absolute atomic E-state index is 5.79. The number of benzene rings is 2. The van der Waals surface area contributed by atoms with E-state index in [-0.39, 0.29) is 6.04 Å². The molecule has 0 spiro atoms. The molecule has 0 saturated carbocycles. The molecule has 0 aromatic heterocycles. The highest BCUT2D eigenvalue weighted by molar-refractivity contribution is 5.48. The zero-order valence-electron chi connectivity index (χ0n) is 12.6. The van der Waals surface area contributed by atoms with Crippen LogP contribution in [-0.4, -0.2) is 14.1 Å². The Morgan fingerprint density at radius 3 is 2.20 bits per heavy atom. The Hall–Kier alpha value is -1.84. The monoisotopic (exact) mass is 269 g/mol. The fraction of sp³-hybridized carbons (Fsp3) is 0.294. The van der Waals surface area contributed by atoms with Gasteiger partial charge < -0.3 is 4.90 Å². The number of hydrogen-bond acceptors (Lipinski definition) is 3. The van der Waals surface area contributed by atoms with Crippen LogP contribution in [0, 0.1) is 13.8 Å². The molecule has 20 heavy (non-hydrogen) atoms. The Bertz CT molecular complexity index is 573. The summed E-state index contributed by atoms with van der Waals surface area (Å²) in [5, 5.41) is 0. The molecule has 1 atom stereocenters. The van der Waals surface area contributed by atoms with Crippen LogP contribution in [0.2, 0.25) is 0 Å². The van der Waals surface area contributed by atoms with Crippen molar-refractivity contribution in [3.63, 3.8) is 0 Å². The van der Waals surface area contributed by atoms with Crippen LogP contribution in [0.4, 0.5) is 5.69 Å². The molecule has 106 valence electrons. The predicted octanol–water partition coefficient (Wildman–Crippen LogP) is 2.92. The van der Waals surface area contributed by atoms with Crippen LogP contribution in [0.15, 0.2) is 42.5 Å². The molecule has 0 aliphatic rings. The quantitative estimate of drug-likeness (QED) is 0.662. The van der Waals surface area contributed by atoms with Gasteiger partial charge in [-0.1, -0.05) is 35.9 Å². The second-order valence-electron chi connectivity index (χ2n) is 5.45. The largest absolute Gasteiger partial charge is 0.378 e. The second-order valence-corrected chi connectivity index (χ2v) is 5.45. The Kier molecular flexibility index (Phi) is 4.42. The number of hydrogen-bond donors (Lipinski definition) is 2. The van der Waals surface area contributed by atoms with Gasteiger partial charge in [-0.3, -0.25) is 5.84 Å². The Labute approximate surface area is 121 Å². The molecule has 3 heteroatoms. The summed E-state index contributed by atoms with van der Waals surface area (Å²) in [7, 11) is 4.08. The van der Waals surface area contributed by atoms with Crippen molar-refractivity contribution in [1.29, 1.82) is 0 Å². The van der Waals surface area contributed by atoms with Crippen LogP contribution in [-0.2, 0) is 0 Å². The van der Waals surface area contributed by atoms with Gasteiger partial charge in [0.2, 0.25) is 0 Å². The first kappa shape index (κ1) is 14.6. The normalized spacial score (nSPS) is 12.2. The van der Waals surface area contributed by atoms with E-state index in [0.717, 1.165) is 0 Å². The van der Waals surface area contributed by atoms with Crippen LogP contribution in [0.5, 0.6) is 0 Å². The van der Waals surface area contributed by atoms with Crippen molar-refractivity contribution in [3.05, 3.63) is 64.7 Å². The summed E-state index contributed by atoms with van der Waals surface area (Å²) in [4.78, 5) is 2.09. The van der Waals surface area contributed by atoms with Crippen LogP contribution < -0.4 is 16.2 Å². The standard InChI is InChI=1S/C17H23N3/c1-12-5-6-13(2)16(11-12)17(19-18)14-7-9-15(10-8-14)20(3)4/h5-11,17,19H,18H2,1-4H3. The molecular formula is C17H23N3. The number of rotatable bonds is 4. The highest BCUT2D eigenvalue weighted by Gasteiger charge is 2.14. The Morgan fingerprint density at radius 1 is 1.00 bits per heavy atom. The van der Waals surface area contributed by atoms with Crippen molar-refractivity contribution in [2.75, 3.05) is 19.0 Å². The first-order valence-electron chi connectivity index (χ1n) is 6.83. The summed E-state index contributed by atoms with van der Waals surface area (Å²) in [6, 6.07) is 15.0. The van der Waals surface area contributed by atoms with E-state index >= 15 is 0 Å². The zero-order chi connectivity index (χ0) is 14.7. The van der Waals surface area contributed by atoms with Gasteiger partial charge >= 0.3 is 0 Å². The number of nitrogens with zero attached hydrogens (tertiary/aromatic N) is 1. The maximum atomic E-state index is 5.79. The minimum Gasteiger partial charge on any atom is -0.378 e. The summed E-state index contributed by atoms with van der Waals surface area (Å²) in [6.07, 6.45) is 0. The maximum Gasteiger partial charge on any atom is 0.0712 e. The van der Waals surface area contributed by atoms with Crippen molar-refractivity contribution in [3.8, 4) is 0 Å². The van der Waals surface area contributed by atoms with Crippen molar-refractivity contribution >= 4 is 5.69 Å². The molecule has 0 radical (unpaired) electrons. The smallest absolute Gasteiger partial charge is 0.0712 e. The lowest BCUT2D eigenvalue weighted by molar-refractivity contribution is 0.633. The van der Waals surface area contributed by atoms with Crippen molar-refractivity contribution in [2.24, 2.45) is 5.84 Å². The molecule has 0 bridgehead atoms. The minimum atomic E-state index is 0.0195. The Balaban J connectivity index is 2.39. The number of nitrogens with two attached hydrogens (primary N) is 1. The molecule has 0 amide bonds. The lowest BCUT2D eigenvalue weighted by Crippen LogP contribution is -2.29. The highest BCUT2D eigenvalue weighted by Crippen LogP contribution is 2.26. The number of hydrazine groups is 1. The van der Waals surface area contributed by atoms with E-state index in [4.69, 9.17) is 5.84 Å². The summed E-state index contributed by atoms with van der Waals surface area (Å²) >= 11 is 0. The van der Waals surface area contributed by atoms with Crippen molar-refractivity contribution in [1.82, 2.24) is 5.43 Å². The van der Waals surface area contributed by atoms with E-state index in [1.807, 2.05) is 14.1 Å². The second kappa shape index (κ2) is 6.07.